The highest BCUT2D eigenvalue weighted by Gasteiger charge is 2.04. The molecule has 0 aliphatic heterocycles. The first-order valence-electron chi connectivity index (χ1n) is 3.03. The molecule has 0 amide bonds. The number of nitrogen functional groups attached to an aromatic ring is 2. The Hall–Kier alpha value is -1.45. The van der Waals surface area contributed by atoms with Crippen LogP contribution in [0.1, 0.15) is 0 Å². The van der Waals surface area contributed by atoms with Crippen LogP contribution in [0.15, 0.2) is 12.1 Å². The fourth-order valence-corrected chi connectivity index (χ4v) is 0.766. The monoisotopic (exact) mass is 156 g/mol. The number of hydrogen-bond donors (Lipinski definition) is 2. The van der Waals surface area contributed by atoms with Crippen LogP contribution in [0.25, 0.3) is 0 Å². The molecule has 0 aliphatic carbocycles. The molecule has 0 saturated heterocycles. The zero-order valence-electron chi connectivity index (χ0n) is 6.10. The smallest absolute Gasteiger partial charge is 0.149 e. The molecule has 0 atom stereocenters. The van der Waals surface area contributed by atoms with Crippen LogP contribution in [0, 0.1) is 5.82 Å². The normalized spacial score (nSPS) is 9.64. The lowest BCUT2D eigenvalue weighted by atomic mass is 10.2. The summed E-state index contributed by atoms with van der Waals surface area (Å²) in [4.78, 5) is 0. The quantitative estimate of drug-likeness (QED) is 0.596. The third kappa shape index (κ3) is 1.34. The highest BCUT2D eigenvalue weighted by molar-refractivity contribution is 5.61. The van der Waals surface area contributed by atoms with Crippen LogP contribution in [-0.2, 0) is 0 Å². The van der Waals surface area contributed by atoms with Gasteiger partial charge in [-0.1, -0.05) is 0 Å². The van der Waals surface area contributed by atoms with E-state index < -0.39 is 5.82 Å². The van der Waals surface area contributed by atoms with Gasteiger partial charge in [0, 0.05) is 6.07 Å². The fraction of sp³-hybridized carbons (Fsp3) is 0.143. The standard InChI is InChI=1S/C7H9FN2O/c1-11-7-2-4(8)5(9)3-6(7)10/h2-3H,9-10H2,1H3. The number of hydrogen-bond acceptors (Lipinski definition) is 3. The van der Waals surface area contributed by atoms with Crippen LogP contribution >= 0.6 is 0 Å². The van der Waals surface area contributed by atoms with E-state index in [-0.39, 0.29) is 5.69 Å². The van der Waals surface area contributed by atoms with E-state index in [9.17, 15) is 4.39 Å². The van der Waals surface area contributed by atoms with Crippen molar-refractivity contribution in [1.82, 2.24) is 0 Å². The zero-order chi connectivity index (χ0) is 8.43. The molecular weight excluding hydrogens is 147 g/mol. The van der Waals surface area contributed by atoms with Gasteiger partial charge in [0.2, 0.25) is 0 Å². The second-order valence-electron chi connectivity index (χ2n) is 2.12. The summed E-state index contributed by atoms with van der Waals surface area (Å²) in [6.07, 6.45) is 0. The summed E-state index contributed by atoms with van der Waals surface area (Å²) in [5.74, 6) is -0.215. The molecule has 0 unspecified atom stereocenters. The molecule has 0 aromatic heterocycles. The van der Waals surface area contributed by atoms with Crippen LogP contribution in [0.3, 0.4) is 0 Å². The van der Waals surface area contributed by atoms with Gasteiger partial charge < -0.3 is 16.2 Å². The van der Waals surface area contributed by atoms with Crippen molar-refractivity contribution in [3.8, 4) is 5.75 Å². The Morgan fingerprint density at radius 1 is 1.27 bits per heavy atom. The Kier molecular flexibility index (Phi) is 1.85. The van der Waals surface area contributed by atoms with Gasteiger partial charge in [0.15, 0.2) is 0 Å². The largest absolute Gasteiger partial charge is 0.494 e. The summed E-state index contributed by atoms with van der Waals surface area (Å²) in [6.45, 7) is 0. The summed E-state index contributed by atoms with van der Waals surface area (Å²) in [6, 6.07) is 2.48. The molecule has 0 fully saturated rings. The third-order valence-electron chi connectivity index (χ3n) is 1.35. The average molecular weight is 156 g/mol. The molecule has 4 heteroatoms. The topological polar surface area (TPSA) is 61.3 Å². The van der Waals surface area contributed by atoms with Crippen molar-refractivity contribution in [2.24, 2.45) is 0 Å². The molecule has 11 heavy (non-hydrogen) atoms. The van der Waals surface area contributed by atoms with Crippen molar-refractivity contribution in [1.29, 1.82) is 0 Å². The minimum atomic E-state index is -0.518. The van der Waals surface area contributed by atoms with E-state index in [0.717, 1.165) is 6.07 Å². The summed E-state index contributed by atoms with van der Waals surface area (Å²) in [7, 11) is 1.42. The van der Waals surface area contributed by atoms with Crippen LogP contribution in [0.5, 0.6) is 5.75 Å². The van der Waals surface area contributed by atoms with Crippen molar-refractivity contribution in [3.63, 3.8) is 0 Å². The molecule has 0 bridgehead atoms. The maximum atomic E-state index is 12.7. The maximum absolute atomic E-state index is 12.7. The van der Waals surface area contributed by atoms with Gasteiger partial charge in [-0.25, -0.2) is 4.39 Å². The van der Waals surface area contributed by atoms with Gasteiger partial charge in [-0.2, -0.15) is 0 Å². The number of benzene rings is 1. The molecule has 0 heterocycles. The summed E-state index contributed by atoms with van der Waals surface area (Å²) < 4.78 is 17.4. The van der Waals surface area contributed by atoms with Gasteiger partial charge >= 0.3 is 0 Å². The summed E-state index contributed by atoms with van der Waals surface area (Å²) in [5, 5.41) is 0. The molecule has 0 spiro atoms. The lowest BCUT2D eigenvalue weighted by Gasteiger charge is -2.04. The van der Waals surface area contributed by atoms with Gasteiger partial charge in [0.25, 0.3) is 0 Å². The summed E-state index contributed by atoms with van der Waals surface area (Å²) >= 11 is 0. The van der Waals surface area contributed by atoms with E-state index in [1.54, 1.807) is 0 Å². The Morgan fingerprint density at radius 2 is 1.91 bits per heavy atom. The molecule has 3 nitrogen and oxygen atoms in total. The van der Waals surface area contributed by atoms with Crippen molar-refractivity contribution in [3.05, 3.63) is 17.9 Å². The first-order chi connectivity index (χ1) is 5.15. The zero-order valence-corrected chi connectivity index (χ0v) is 6.10. The lowest BCUT2D eigenvalue weighted by Crippen LogP contribution is -1.97. The Morgan fingerprint density at radius 3 is 2.45 bits per heavy atom. The Balaban J connectivity index is 3.21. The molecule has 60 valence electrons. The van der Waals surface area contributed by atoms with Gasteiger partial charge in [0.1, 0.15) is 11.6 Å². The van der Waals surface area contributed by atoms with E-state index in [1.165, 1.54) is 13.2 Å². The Bertz CT molecular complexity index is 275. The van der Waals surface area contributed by atoms with Gasteiger partial charge in [0.05, 0.1) is 18.5 Å². The van der Waals surface area contributed by atoms with E-state index in [1.807, 2.05) is 0 Å². The highest BCUT2D eigenvalue weighted by atomic mass is 19.1. The number of methoxy groups -OCH3 is 1. The van der Waals surface area contributed by atoms with Crippen molar-refractivity contribution >= 4 is 11.4 Å². The first-order valence-corrected chi connectivity index (χ1v) is 3.03. The predicted octanol–water partition coefficient (Wildman–Crippen LogP) is 0.999. The van der Waals surface area contributed by atoms with Crippen molar-refractivity contribution in [2.45, 2.75) is 0 Å². The van der Waals surface area contributed by atoms with Crippen LogP contribution in [0.4, 0.5) is 15.8 Å². The van der Waals surface area contributed by atoms with Gasteiger partial charge in [-0.15, -0.1) is 0 Å². The van der Waals surface area contributed by atoms with E-state index in [0.29, 0.717) is 11.4 Å². The van der Waals surface area contributed by atoms with Crippen molar-refractivity contribution < 1.29 is 9.13 Å². The second kappa shape index (κ2) is 2.65. The molecular formula is C7H9FN2O. The highest BCUT2D eigenvalue weighted by Crippen LogP contribution is 2.25. The SMILES string of the molecule is COc1cc(F)c(N)cc1N. The number of halogens is 1. The third-order valence-corrected chi connectivity index (χ3v) is 1.35. The maximum Gasteiger partial charge on any atom is 0.149 e. The molecule has 4 N–H and O–H groups in total. The number of nitrogens with two attached hydrogens (primary N) is 2. The first kappa shape index (κ1) is 7.65. The van der Waals surface area contributed by atoms with Crippen molar-refractivity contribution in [2.75, 3.05) is 18.6 Å². The molecule has 1 aromatic rings. The molecule has 1 rings (SSSR count). The van der Waals surface area contributed by atoms with Crippen LogP contribution in [0.2, 0.25) is 0 Å². The van der Waals surface area contributed by atoms with E-state index in [4.69, 9.17) is 16.2 Å². The molecule has 1 aromatic carbocycles. The van der Waals surface area contributed by atoms with Gasteiger partial charge in [-0.3, -0.25) is 0 Å². The van der Waals surface area contributed by atoms with Crippen LogP contribution in [-0.4, -0.2) is 7.11 Å². The minimum Gasteiger partial charge on any atom is -0.494 e. The number of anilines is 2. The molecule has 0 radical (unpaired) electrons. The molecule has 0 saturated carbocycles. The van der Waals surface area contributed by atoms with Gasteiger partial charge in [-0.05, 0) is 6.07 Å². The van der Waals surface area contributed by atoms with E-state index >= 15 is 0 Å². The van der Waals surface area contributed by atoms with E-state index in [2.05, 4.69) is 0 Å². The molecule has 0 aliphatic rings. The Labute approximate surface area is 63.8 Å². The minimum absolute atomic E-state index is 0.0308. The van der Waals surface area contributed by atoms with Crippen LogP contribution < -0.4 is 16.2 Å². The number of ether oxygens (including phenoxy) is 1. The predicted molar refractivity (Wildman–Crippen MR) is 41.8 cm³/mol. The number of rotatable bonds is 1. The fourth-order valence-electron chi connectivity index (χ4n) is 0.766. The summed E-state index contributed by atoms with van der Waals surface area (Å²) in [5.41, 5.74) is 11.0. The second-order valence-corrected chi connectivity index (χ2v) is 2.12. The lowest BCUT2D eigenvalue weighted by molar-refractivity contribution is 0.414. The average Bonchev–Trinajstić information content (AvgIpc) is 1.97.